The van der Waals surface area contributed by atoms with Crippen LogP contribution < -0.4 is 0 Å². The van der Waals surface area contributed by atoms with Crippen LogP contribution in [0.3, 0.4) is 0 Å². The zero-order valence-electron chi connectivity index (χ0n) is 14.3. The van der Waals surface area contributed by atoms with Crippen LogP contribution in [0, 0.1) is 0 Å². The van der Waals surface area contributed by atoms with E-state index in [0.717, 1.165) is 16.6 Å². The van der Waals surface area contributed by atoms with E-state index in [4.69, 9.17) is 9.15 Å². The van der Waals surface area contributed by atoms with E-state index >= 15 is 0 Å². The molecule has 1 amide bonds. The molecule has 0 N–H and O–H groups in total. The summed E-state index contributed by atoms with van der Waals surface area (Å²) in [5, 5.41) is 8.55. The number of carbonyl (C=O) groups is 1. The number of benzene rings is 2. The minimum atomic E-state index is -0.610. The van der Waals surface area contributed by atoms with Crippen LogP contribution in [0.1, 0.15) is 23.6 Å². The SMILES string of the molecule is O=C1O[C@H](c2ccco2)[C@@H](n2nnc3ccccc32)N1Cc1ccccc1. The topological polar surface area (TPSA) is 73.4 Å². The molecular weight excluding hydrogens is 344 g/mol. The first-order chi connectivity index (χ1) is 13.3. The fourth-order valence-electron chi connectivity index (χ4n) is 3.45. The van der Waals surface area contributed by atoms with Crippen LogP contribution in [-0.4, -0.2) is 26.0 Å². The third-order valence-corrected chi connectivity index (χ3v) is 4.70. The third-order valence-electron chi connectivity index (χ3n) is 4.70. The lowest BCUT2D eigenvalue weighted by Gasteiger charge is -2.24. The van der Waals surface area contributed by atoms with Crippen molar-refractivity contribution in [3.05, 3.63) is 84.3 Å². The molecule has 0 saturated carbocycles. The molecule has 0 bridgehead atoms. The lowest BCUT2D eigenvalue weighted by atomic mass is 10.1. The highest BCUT2D eigenvalue weighted by molar-refractivity contribution is 5.75. The molecule has 3 heterocycles. The number of carbonyl (C=O) groups excluding carboxylic acids is 1. The van der Waals surface area contributed by atoms with Gasteiger partial charge in [-0.3, -0.25) is 4.90 Å². The molecule has 0 radical (unpaired) electrons. The van der Waals surface area contributed by atoms with Gasteiger partial charge in [-0.2, -0.15) is 0 Å². The van der Waals surface area contributed by atoms with Gasteiger partial charge in [-0.15, -0.1) is 5.10 Å². The van der Waals surface area contributed by atoms with Gasteiger partial charge in [0.05, 0.1) is 18.3 Å². The van der Waals surface area contributed by atoms with Crippen LogP contribution >= 0.6 is 0 Å². The Labute approximate surface area is 154 Å². The molecule has 0 unspecified atom stereocenters. The Bertz CT molecular complexity index is 1080. The van der Waals surface area contributed by atoms with Gasteiger partial charge in [-0.05, 0) is 29.8 Å². The minimum absolute atomic E-state index is 0.399. The zero-order valence-corrected chi connectivity index (χ0v) is 14.3. The molecule has 0 spiro atoms. The highest BCUT2D eigenvalue weighted by atomic mass is 16.6. The molecule has 7 nitrogen and oxygen atoms in total. The van der Waals surface area contributed by atoms with Crippen LogP contribution in [0.25, 0.3) is 11.0 Å². The molecule has 1 saturated heterocycles. The Morgan fingerprint density at radius 2 is 1.78 bits per heavy atom. The molecule has 7 heteroatoms. The average molecular weight is 360 g/mol. The van der Waals surface area contributed by atoms with Crippen molar-refractivity contribution in [3.63, 3.8) is 0 Å². The van der Waals surface area contributed by atoms with E-state index in [-0.39, 0.29) is 0 Å². The number of nitrogens with zero attached hydrogens (tertiary/aromatic N) is 4. The molecule has 0 aliphatic carbocycles. The largest absolute Gasteiger partial charge is 0.465 e. The second kappa shape index (κ2) is 6.28. The maximum Gasteiger partial charge on any atom is 0.412 e. The molecule has 5 rings (SSSR count). The normalized spacial score (nSPS) is 19.6. The number of amides is 1. The van der Waals surface area contributed by atoms with Crippen LogP contribution in [0.15, 0.2) is 77.4 Å². The number of para-hydroxylation sites is 1. The summed E-state index contributed by atoms with van der Waals surface area (Å²) < 4.78 is 13.0. The number of cyclic esters (lactones) is 1. The Hall–Kier alpha value is -3.61. The standard InChI is InChI=1S/C20H16N4O3/c25-20-23(13-14-7-2-1-3-8-14)19(18(27-20)17-11-6-12-26-17)24-16-10-5-4-9-15(16)21-22-24/h1-12,18-19H,13H2/t18-,19-/m1/s1. The summed E-state index contributed by atoms with van der Waals surface area (Å²) in [4.78, 5) is 14.4. The van der Waals surface area contributed by atoms with Crippen molar-refractivity contribution in [2.45, 2.75) is 18.8 Å². The molecule has 2 aromatic heterocycles. The van der Waals surface area contributed by atoms with Gasteiger partial charge in [-0.25, -0.2) is 9.48 Å². The van der Waals surface area contributed by atoms with Gasteiger partial charge >= 0.3 is 6.09 Å². The van der Waals surface area contributed by atoms with Crippen LogP contribution in [-0.2, 0) is 11.3 Å². The second-order valence-corrected chi connectivity index (χ2v) is 6.37. The lowest BCUT2D eigenvalue weighted by Crippen LogP contribution is -2.32. The molecule has 134 valence electrons. The summed E-state index contributed by atoms with van der Waals surface area (Å²) in [5.74, 6) is 0.573. The van der Waals surface area contributed by atoms with Gasteiger partial charge in [-0.1, -0.05) is 47.7 Å². The Morgan fingerprint density at radius 1 is 0.963 bits per heavy atom. The highest BCUT2D eigenvalue weighted by Crippen LogP contribution is 2.41. The fourth-order valence-corrected chi connectivity index (χ4v) is 3.45. The predicted octanol–water partition coefficient (Wildman–Crippen LogP) is 3.92. The number of fused-ring (bicyclic) bond motifs is 1. The molecule has 1 aliphatic heterocycles. The van der Waals surface area contributed by atoms with Gasteiger partial charge in [0, 0.05) is 0 Å². The van der Waals surface area contributed by atoms with E-state index in [0.29, 0.717) is 12.3 Å². The molecule has 27 heavy (non-hydrogen) atoms. The van der Waals surface area contributed by atoms with Gasteiger partial charge in [0.25, 0.3) is 0 Å². The van der Waals surface area contributed by atoms with E-state index in [9.17, 15) is 4.79 Å². The van der Waals surface area contributed by atoms with Crippen molar-refractivity contribution in [2.75, 3.05) is 0 Å². The van der Waals surface area contributed by atoms with E-state index < -0.39 is 18.4 Å². The first kappa shape index (κ1) is 15.6. The van der Waals surface area contributed by atoms with E-state index in [1.165, 1.54) is 0 Å². The average Bonchev–Trinajstić information content (AvgIpc) is 3.42. The predicted molar refractivity (Wildman–Crippen MR) is 96.5 cm³/mol. The van der Waals surface area contributed by atoms with Crippen molar-refractivity contribution in [1.82, 2.24) is 19.9 Å². The molecule has 2 aromatic carbocycles. The van der Waals surface area contributed by atoms with Crippen molar-refractivity contribution >= 4 is 17.1 Å². The maximum atomic E-state index is 12.7. The summed E-state index contributed by atoms with van der Waals surface area (Å²) in [6, 6.07) is 21.0. The number of rotatable bonds is 4. The van der Waals surface area contributed by atoms with Crippen LogP contribution in [0.2, 0.25) is 0 Å². The minimum Gasteiger partial charge on any atom is -0.465 e. The Balaban J connectivity index is 1.61. The van der Waals surface area contributed by atoms with Crippen LogP contribution in [0.5, 0.6) is 0 Å². The van der Waals surface area contributed by atoms with Crippen molar-refractivity contribution in [2.24, 2.45) is 0 Å². The maximum absolute atomic E-state index is 12.7. The third kappa shape index (κ3) is 2.64. The van der Waals surface area contributed by atoms with Gasteiger partial charge in [0.2, 0.25) is 6.10 Å². The highest BCUT2D eigenvalue weighted by Gasteiger charge is 2.46. The van der Waals surface area contributed by atoms with E-state index in [2.05, 4.69) is 10.3 Å². The number of ether oxygens (including phenoxy) is 1. The van der Waals surface area contributed by atoms with Crippen molar-refractivity contribution in [1.29, 1.82) is 0 Å². The van der Waals surface area contributed by atoms with E-state index in [1.807, 2.05) is 54.6 Å². The van der Waals surface area contributed by atoms with Gasteiger partial charge in [0.15, 0.2) is 6.17 Å². The summed E-state index contributed by atoms with van der Waals surface area (Å²) >= 11 is 0. The number of hydrogen-bond acceptors (Lipinski definition) is 5. The molecule has 2 atom stereocenters. The summed E-state index contributed by atoms with van der Waals surface area (Å²) in [6.07, 6.45) is 0.0434. The summed E-state index contributed by atoms with van der Waals surface area (Å²) in [7, 11) is 0. The quantitative estimate of drug-likeness (QED) is 0.551. The van der Waals surface area contributed by atoms with E-state index in [1.54, 1.807) is 28.0 Å². The van der Waals surface area contributed by atoms with Gasteiger partial charge < -0.3 is 9.15 Å². The Morgan fingerprint density at radius 3 is 2.59 bits per heavy atom. The zero-order chi connectivity index (χ0) is 18.2. The van der Waals surface area contributed by atoms with Crippen molar-refractivity contribution in [3.8, 4) is 0 Å². The molecule has 4 aromatic rings. The number of furan rings is 1. The molecular formula is C20H16N4O3. The first-order valence-corrected chi connectivity index (χ1v) is 8.66. The number of hydrogen-bond donors (Lipinski definition) is 0. The monoisotopic (exact) mass is 360 g/mol. The molecule has 1 fully saturated rings. The lowest BCUT2D eigenvalue weighted by molar-refractivity contribution is 0.101. The summed E-state index contributed by atoms with van der Waals surface area (Å²) in [5.41, 5.74) is 2.59. The fraction of sp³-hybridized carbons (Fsp3) is 0.150. The molecule has 1 aliphatic rings. The van der Waals surface area contributed by atoms with Crippen molar-refractivity contribution < 1.29 is 13.9 Å². The first-order valence-electron chi connectivity index (χ1n) is 8.66. The number of aromatic nitrogens is 3. The van der Waals surface area contributed by atoms with Crippen LogP contribution in [0.4, 0.5) is 4.79 Å². The Kier molecular flexibility index (Phi) is 3.64. The smallest absolute Gasteiger partial charge is 0.412 e. The summed E-state index contributed by atoms with van der Waals surface area (Å²) in [6.45, 7) is 0.399. The second-order valence-electron chi connectivity index (χ2n) is 6.37. The van der Waals surface area contributed by atoms with Gasteiger partial charge in [0.1, 0.15) is 11.3 Å².